The number of benzene rings is 3. The Morgan fingerprint density at radius 3 is 2.51 bits per heavy atom. The lowest BCUT2D eigenvalue weighted by Crippen LogP contribution is -2.43. The first-order chi connectivity index (χ1) is 18.0. The van der Waals surface area contributed by atoms with Gasteiger partial charge in [0, 0.05) is 29.4 Å². The van der Waals surface area contributed by atoms with Gasteiger partial charge in [-0.15, -0.1) is 0 Å². The van der Waals surface area contributed by atoms with E-state index in [-0.39, 0.29) is 19.3 Å². The standard InChI is InChI=1S/C31H33NO5/c1-4-5-6-14-32-25-9-7-8-23(21-10-12-22(13-11-21)34-17-20(2)3)29(25)31(30(32)33)18-35-26-16-28-27(15-24(26)31)36-19-37-28/h7-13,15-16,20H,4-6,14,17-19H2,1-3H3. The van der Waals surface area contributed by atoms with Gasteiger partial charge in [-0.25, -0.2) is 0 Å². The molecule has 37 heavy (non-hydrogen) atoms. The van der Waals surface area contributed by atoms with Gasteiger partial charge in [-0.2, -0.15) is 0 Å². The molecule has 0 aliphatic carbocycles. The summed E-state index contributed by atoms with van der Waals surface area (Å²) < 4.78 is 23.4. The highest BCUT2D eigenvalue weighted by atomic mass is 16.7. The van der Waals surface area contributed by atoms with E-state index in [4.69, 9.17) is 18.9 Å². The number of hydrogen-bond acceptors (Lipinski definition) is 5. The summed E-state index contributed by atoms with van der Waals surface area (Å²) in [6.45, 7) is 8.25. The van der Waals surface area contributed by atoms with Crippen LogP contribution in [-0.2, 0) is 10.2 Å². The number of anilines is 1. The summed E-state index contributed by atoms with van der Waals surface area (Å²) in [7, 11) is 0. The predicted molar refractivity (Wildman–Crippen MR) is 143 cm³/mol. The van der Waals surface area contributed by atoms with E-state index in [1.807, 2.05) is 35.2 Å². The Hall–Kier alpha value is -3.67. The van der Waals surface area contributed by atoms with Crippen LogP contribution in [0.3, 0.4) is 0 Å². The van der Waals surface area contributed by atoms with Gasteiger partial charge in [0.25, 0.3) is 0 Å². The zero-order valence-electron chi connectivity index (χ0n) is 21.7. The first-order valence-electron chi connectivity index (χ1n) is 13.3. The summed E-state index contributed by atoms with van der Waals surface area (Å²) in [6.07, 6.45) is 3.13. The number of carbonyl (C=O) groups is 1. The number of carbonyl (C=O) groups excluding carboxylic acids is 1. The highest BCUT2D eigenvalue weighted by molar-refractivity contribution is 6.13. The Morgan fingerprint density at radius 2 is 1.76 bits per heavy atom. The number of nitrogens with zero attached hydrogens (tertiary/aromatic N) is 1. The average Bonchev–Trinajstić information content (AvgIpc) is 3.58. The Bertz CT molecular complexity index is 1330. The Labute approximate surface area is 218 Å². The zero-order valence-corrected chi connectivity index (χ0v) is 21.7. The van der Waals surface area contributed by atoms with Crippen molar-refractivity contribution in [2.45, 2.75) is 45.4 Å². The van der Waals surface area contributed by atoms with Crippen LogP contribution in [0.15, 0.2) is 54.6 Å². The Balaban J connectivity index is 1.48. The largest absolute Gasteiger partial charge is 0.493 e. The summed E-state index contributed by atoms with van der Waals surface area (Å²) in [5.74, 6) is 3.38. The maximum absolute atomic E-state index is 14.4. The molecule has 6 heteroatoms. The summed E-state index contributed by atoms with van der Waals surface area (Å²) in [5.41, 5.74) is 3.98. The SMILES string of the molecule is CCCCCN1C(=O)C2(COc3cc4c(cc32)OCO4)c2c(-c3ccc(OCC(C)C)cc3)cccc21. The third-order valence-corrected chi connectivity index (χ3v) is 7.48. The van der Waals surface area contributed by atoms with Crippen molar-refractivity contribution in [3.8, 4) is 34.1 Å². The van der Waals surface area contributed by atoms with Crippen LogP contribution in [0.1, 0.15) is 51.2 Å². The van der Waals surface area contributed by atoms with E-state index in [0.29, 0.717) is 36.3 Å². The summed E-state index contributed by atoms with van der Waals surface area (Å²) >= 11 is 0. The first kappa shape index (κ1) is 23.7. The fourth-order valence-corrected chi connectivity index (χ4v) is 5.66. The van der Waals surface area contributed by atoms with Crippen LogP contribution in [0.5, 0.6) is 23.0 Å². The van der Waals surface area contributed by atoms with E-state index < -0.39 is 5.41 Å². The first-order valence-corrected chi connectivity index (χ1v) is 13.3. The van der Waals surface area contributed by atoms with Gasteiger partial charge < -0.3 is 23.8 Å². The van der Waals surface area contributed by atoms with Gasteiger partial charge in [0.15, 0.2) is 11.5 Å². The molecule has 0 saturated carbocycles. The molecular weight excluding hydrogens is 466 g/mol. The summed E-state index contributed by atoms with van der Waals surface area (Å²) in [5, 5.41) is 0. The van der Waals surface area contributed by atoms with Crippen LogP contribution in [0.4, 0.5) is 5.69 Å². The zero-order chi connectivity index (χ0) is 25.6. The van der Waals surface area contributed by atoms with E-state index >= 15 is 0 Å². The van der Waals surface area contributed by atoms with Gasteiger partial charge in [-0.05, 0) is 47.7 Å². The fourth-order valence-electron chi connectivity index (χ4n) is 5.66. The molecule has 3 aliphatic heterocycles. The molecule has 3 aromatic rings. The molecule has 192 valence electrons. The topological polar surface area (TPSA) is 57.2 Å². The van der Waals surface area contributed by atoms with E-state index in [9.17, 15) is 4.79 Å². The number of rotatable bonds is 8. The second kappa shape index (κ2) is 9.33. The van der Waals surface area contributed by atoms with Crippen molar-refractivity contribution in [3.05, 3.63) is 65.7 Å². The molecule has 1 unspecified atom stereocenters. The molecule has 1 atom stereocenters. The van der Waals surface area contributed by atoms with Gasteiger partial charge in [0.05, 0.1) is 6.61 Å². The van der Waals surface area contributed by atoms with E-state index in [0.717, 1.165) is 53.0 Å². The molecule has 0 bridgehead atoms. The number of hydrogen-bond donors (Lipinski definition) is 0. The maximum Gasteiger partial charge on any atom is 0.245 e. The Kier molecular flexibility index (Phi) is 5.98. The van der Waals surface area contributed by atoms with Crippen LogP contribution in [0.2, 0.25) is 0 Å². The van der Waals surface area contributed by atoms with Crippen molar-refractivity contribution in [2.75, 3.05) is 31.5 Å². The predicted octanol–water partition coefficient (Wildman–Crippen LogP) is 6.33. The minimum absolute atomic E-state index is 0.0700. The third-order valence-electron chi connectivity index (χ3n) is 7.48. The van der Waals surface area contributed by atoms with Crippen LogP contribution < -0.4 is 23.8 Å². The molecule has 1 amide bonds. The normalized spacial score (nSPS) is 18.9. The summed E-state index contributed by atoms with van der Waals surface area (Å²) in [4.78, 5) is 16.4. The average molecular weight is 500 g/mol. The van der Waals surface area contributed by atoms with Crippen LogP contribution in [0, 0.1) is 5.92 Å². The van der Waals surface area contributed by atoms with Crippen LogP contribution in [0.25, 0.3) is 11.1 Å². The van der Waals surface area contributed by atoms with Gasteiger partial charge >= 0.3 is 0 Å². The molecule has 3 heterocycles. The van der Waals surface area contributed by atoms with Gasteiger partial charge in [-0.1, -0.05) is 57.9 Å². The molecular formula is C31H33NO5. The minimum atomic E-state index is -0.929. The lowest BCUT2D eigenvalue weighted by molar-refractivity contribution is -0.122. The molecule has 1 spiro atoms. The fraction of sp³-hybridized carbons (Fsp3) is 0.387. The molecule has 6 nitrogen and oxygen atoms in total. The molecule has 3 aromatic carbocycles. The second-order valence-electron chi connectivity index (χ2n) is 10.5. The number of ether oxygens (including phenoxy) is 4. The quantitative estimate of drug-likeness (QED) is 0.339. The summed E-state index contributed by atoms with van der Waals surface area (Å²) in [6, 6.07) is 18.2. The number of unbranched alkanes of at least 4 members (excludes halogenated alkanes) is 2. The molecule has 0 N–H and O–H groups in total. The van der Waals surface area contributed by atoms with E-state index in [1.54, 1.807) is 0 Å². The van der Waals surface area contributed by atoms with Gasteiger partial charge in [0.2, 0.25) is 12.7 Å². The monoisotopic (exact) mass is 499 g/mol. The van der Waals surface area contributed by atoms with Crippen LogP contribution in [-0.4, -0.2) is 32.5 Å². The van der Waals surface area contributed by atoms with Gasteiger partial charge in [-0.3, -0.25) is 4.79 Å². The van der Waals surface area contributed by atoms with E-state index in [1.165, 1.54) is 0 Å². The van der Waals surface area contributed by atoms with Crippen molar-refractivity contribution in [1.82, 2.24) is 0 Å². The van der Waals surface area contributed by atoms with Gasteiger partial charge in [0.1, 0.15) is 23.5 Å². The smallest absolute Gasteiger partial charge is 0.245 e. The molecule has 0 fully saturated rings. The van der Waals surface area contributed by atoms with Crippen molar-refractivity contribution in [1.29, 1.82) is 0 Å². The number of amides is 1. The van der Waals surface area contributed by atoms with Crippen molar-refractivity contribution in [2.24, 2.45) is 5.92 Å². The van der Waals surface area contributed by atoms with Crippen molar-refractivity contribution in [3.63, 3.8) is 0 Å². The third kappa shape index (κ3) is 3.81. The molecule has 6 rings (SSSR count). The molecule has 0 saturated heterocycles. The molecule has 0 radical (unpaired) electrons. The molecule has 3 aliphatic rings. The highest BCUT2D eigenvalue weighted by Gasteiger charge is 2.58. The lowest BCUT2D eigenvalue weighted by Gasteiger charge is -2.24. The van der Waals surface area contributed by atoms with Crippen molar-refractivity contribution < 1.29 is 23.7 Å². The maximum atomic E-state index is 14.4. The minimum Gasteiger partial charge on any atom is -0.493 e. The lowest BCUT2D eigenvalue weighted by atomic mass is 9.74. The highest BCUT2D eigenvalue weighted by Crippen LogP contribution is 2.57. The van der Waals surface area contributed by atoms with E-state index in [2.05, 4.69) is 45.0 Å². The van der Waals surface area contributed by atoms with Crippen molar-refractivity contribution >= 4 is 11.6 Å². The Morgan fingerprint density at radius 1 is 0.973 bits per heavy atom. The van der Waals surface area contributed by atoms with Crippen LogP contribution >= 0.6 is 0 Å². The molecule has 0 aromatic heterocycles. The number of fused-ring (bicyclic) bond motifs is 5. The second-order valence-corrected chi connectivity index (χ2v) is 10.5.